The van der Waals surface area contributed by atoms with E-state index in [1.165, 1.54) is 12.1 Å². The summed E-state index contributed by atoms with van der Waals surface area (Å²) < 4.78 is 20.6. The molecule has 4 rings (SSSR count). The van der Waals surface area contributed by atoms with Crippen molar-refractivity contribution in [2.45, 2.75) is 32.8 Å². The van der Waals surface area contributed by atoms with Crippen molar-refractivity contribution in [3.63, 3.8) is 0 Å². The molecule has 0 saturated carbocycles. The van der Waals surface area contributed by atoms with Crippen molar-refractivity contribution in [1.82, 2.24) is 19.7 Å². The second-order valence-corrected chi connectivity index (χ2v) is 7.74. The number of ether oxygens (including phenoxy) is 1. The highest BCUT2D eigenvalue weighted by Gasteiger charge is 2.26. The Kier molecular flexibility index (Phi) is 5.42. The summed E-state index contributed by atoms with van der Waals surface area (Å²) >= 11 is 0. The largest absolute Gasteiger partial charge is 0.370 e. The van der Waals surface area contributed by atoms with E-state index in [1.54, 1.807) is 28.8 Å². The van der Waals surface area contributed by atoms with Gasteiger partial charge in [0.2, 0.25) is 5.91 Å². The van der Waals surface area contributed by atoms with Gasteiger partial charge in [0, 0.05) is 31.0 Å². The number of H-pyrrole nitrogens is 1. The Labute approximate surface area is 173 Å². The van der Waals surface area contributed by atoms with E-state index in [2.05, 4.69) is 10.1 Å². The van der Waals surface area contributed by atoms with Gasteiger partial charge in [0.1, 0.15) is 17.6 Å². The number of rotatable bonds is 4. The molecule has 3 aromatic rings. The van der Waals surface area contributed by atoms with Gasteiger partial charge in [-0.1, -0.05) is 12.1 Å². The van der Waals surface area contributed by atoms with Crippen LogP contribution in [0.5, 0.6) is 0 Å². The topological polar surface area (TPSA) is 80.2 Å². The highest BCUT2D eigenvalue weighted by Crippen LogP contribution is 2.24. The predicted octanol–water partition coefficient (Wildman–Crippen LogP) is 2.55. The first kappa shape index (κ1) is 20.3. The van der Waals surface area contributed by atoms with E-state index in [0.717, 1.165) is 22.2 Å². The monoisotopic (exact) mass is 412 g/mol. The average Bonchev–Trinajstić information content (AvgIpc) is 3.01. The van der Waals surface area contributed by atoms with E-state index in [4.69, 9.17) is 4.74 Å². The molecule has 0 aliphatic carbocycles. The molecule has 0 spiro atoms. The van der Waals surface area contributed by atoms with Crippen LogP contribution in [0, 0.1) is 19.7 Å². The fourth-order valence-electron chi connectivity index (χ4n) is 4.20. The zero-order valence-corrected chi connectivity index (χ0v) is 17.4. The Morgan fingerprint density at radius 3 is 2.77 bits per heavy atom. The molecule has 1 atom stereocenters. The number of halogens is 1. The number of carbonyl (C=O) groups excluding carboxylic acids is 1. The summed E-state index contributed by atoms with van der Waals surface area (Å²) in [5.74, 6) is -0.323. The minimum atomic E-state index is -0.302. The van der Waals surface area contributed by atoms with Gasteiger partial charge in [-0.15, -0.1) is 0 Å². The Balaban J connectivity index is 1.47. The summed E-state index contributed by atoms with van der Waals surface area (Å²) in [6.45, 7) is 5.17. The van der Waals surface area contributed by atoms with Crippen molar-refractivity contribution in [1.29, 1.82) is 0 Å². The number of amides is 1. The van der Waals surface area contributed by atoms with Crippen molar-refractivity contribution in [2.24, 2.45) is 7.05 Å². The number of fused-ring (bicyclic) bond motifs is 1. The molecule has 1 fully saturated rings. The average molecular weight is 412 g/mol. The van der Waals surface area contributed by atoms with Crippen LogP contribution >= 0.6 is 0 Å². The molecule has 0 unspecified atom stereocenters. The lowest BCUT2D eigenvalue weighted by molar-refractivity contribution is -0.139. The molecule has 1 aliphatic rings. The van der Waals surface area contributed by atoms with Gasteiger partial charge in [-0.25, -0.2) is 4.39 Å². The lowest BCUT2D eigenvalue weighted by atomic mass is 10.0. The van der Waals surface area contributed by atoms with E-state index >= 15 is 0 Å². The van der Waals surface area contributed by atoms with Gasteiger partial charge in [0.15, 0.2) is 0 Å². The number of benzene rings is 1. The van der Waals surface area contributed by atoms with Gasteiger partial charge in [0.25, 0.3) is 5.56 Å². The van der Waals surface area contributed by atoms with E-state index in [9.17, 15) is 14.0 Å². The number of hydrogen-bond acceptors (Lipinski definition) is 4. The molecule has 1 aromatic carbocycles. The number of pyridine rings is 1. The first-order valence-corrected chi connectivity index (χ1v) is 10.0. The molecule has 8 heteroatoms. The molecule has 2 aromatic heterocycles. The first-order chi connectivity index (χ1) is 14.3. The smallest absolute Gasteiger partial charge is 0.253 e. The van der Waals surface area contributed by atoms with Crippen LogP contribution in [0.25, 0.3) is 11.0 Å². The van der Waals surface area contributed by atoms with Gasteiger partial charge in [0.05, 0.1) is 18.8 Å². The third kappa shape index (κ3) is 3.75. The summed E-state index contributed by atoms with van der Waals surface area (Å²) in [4.78, 5) is 30.1. The van der Waals surface area contributed by atoms with Gasteiger partial charge >= 0.3 is 0 Å². The quantitative estimate of drug-likeness (QED) is 0.714. The molecule has 7 nitrogen and oxygen atoms in total. The summed E-state index contributed by atoms with van der Waals surface area (Å²) in [5, 5.41) is 5.31. The van der Waals surface area contributed by atoms with E-state index in [-0.39, 0.29) is 29.8 Å². The molecular weight excluding hydrogens is 387 g/mol. The number of aromatic nitrogens is 3. The van der Waals surface area contributed by atoms with Crippen molar-refractivity contribution >= 4 is 16.9 Å². The molecular formula is C22H25FN4O3. The fraction of sp³-hybridized carbons (Fsp3) is 0.409. The second kappa shape index (κ2) is 8.02. The minimum Gasteiger partial charge on any atom is -0.370 e. The number of aromatic amines is 1. The molecule has 30 heavy (non-hydrogen) atoms. The van der Waals surface area contributed by atoms with Crippen molar-refractivity contribution in [2.75, 3.05) is 19.7 Å². The van der Waals surface area contributed by atoms with Crippen LogP contribution < -0.4 is 5.56 Å². The summed E-state index contributed by atoms with van der Waals surface area (Å²) in [6.07, 6.45) is 0.330. The number of aryl methyl sites for hydroxylation is 3. The van der Waals surface area contributed by atoms with Crippen molar-refractivity contribution in [3.8, 4) is 0 Å². The Morgan fingerprint density at radius 1 is 1.30 bits per heavy atom. The summed E-state index contributed by atoms with van der Waals surface area (Å²) in [6, 6.07) is 6.15. The lowest BCUT2D eigenvalue weighted by Crippen LogP contribution is -2.42. The molecule has 0 bridgehead atoms. The Bertz CT molecular complexity index is 1150. The zero-order valence-electron chi connectivity index (χ0n) is 17.4. The first-order valence-electron chi connectivity index (χ1n) is 10.0. The SMILES string of the molecule is Cc1nn(C)c2[nH]c(=O)c(CCC(=O)N3CCO[C@H](c4ccc(F)cc4)C3)c(C)c12. The molecule has 1 N–H and O–H groups in total. The van der Waals surface area contributed by atoms with Crippen molar-refractivity contribution in [3.05, 3.63) is 62.8 Å². The minimum absolute atomic E-state index is 0.0211. The third-order valence-electron chi connectivity index (χ3n) is 5.81. The van der Waals surface area contributed by atoms with Crippen LogP contribution in [0.4, 0.5) is 4.39 Å². The molecule has 1 amide bonds. The number of nitrogens with one attached hydrogen (secondary N) is 1. The van der Waals surface area contributed by atoms with Crippen LogP contribution in [0.3, 0.4) is 0 Å². The molecule has 1 saturated heterocycles. The fourth-order valence-corrected chi connectivity index (χ4v) is 4.20. The van der Waals surface area contributed by atoms with Crippen LogP contribution in [-0.2, 0) is 23.0 Å². The summed E-state index contributed by atoms with van der Waals surface area (Å²) in [7, 11) is 1.80. The number of nitrogens with zero attached hydrogens (tertiary/aromatic N) is 3. The van der Waals surface area contributed by atoms with E-state index in [0.29, 0.717) is 37.3 Å². The number of carbonyl (C=O) groups is 1. The molecule has 3 heterocycles. The van der Waals surface area contributed by atoms with E-state index < -0.39 is 0 Å². The van der Waals surface area contributed by atoms with Crippen LogP contribution in [-0.4, -0.2) is 45.3 Å². The Morgan fingerprint density at radius 2 is 2.03 bits per heavy atom. The van der Waals surface area contributed by atoms with E-state index in [1.807, 2.05) is 13.8 Å². The maximum absolute atomic E-state index is 13.2. The summed E-state index contributed by atoms with van der Waals surface area (Å²) in [5.41, 5.74) is 3.71. The number of hydrogen-bond donors (Lipinski definition) is 1. The molecule has 0 radical (unpaired) electrons. The van der Waals surface area contributed by atoms with Crippen LogP contribution in [0.15, 0.2) is 29.1 Å². The van der Waals surface area contributed by atoms with Gasteiger partial charge < -0.3 is 14.6 Å². The molecule has 1 aliphatic heterocycles. The Hall–Kier alpha value is -3.00. The molecule has 158 valence electrons. The number of morpholine rings is 1. The van der Waals surface area contributed by atoms with Crippen molar-refractivity contribution < 1.29 is 13.9 Å². The maximum atomic E-state index is 13.2. The normalized spacial score (nSPS) is 16.9. The van der Waals surface area contributed by atoms with Gasteiger partial charge in [-0.2, -0.15) is 5.10 Å². The maximum Gasteiger partial charge on any atom is 0.253 e. The predicted molar refractivity (Wildman–Crippen MR) is 111 cm³/mol. The lowest BCUT2D eigenvalue weighted by Gasteiger charge is -2.33. The second-order valence-electron chi connectivity index (χ2n) is 7.74. The zero-order chi connectivity index (χ0) is 21.4. The van der Waals surface area contributed by atoms with Crippen LogP contribution in [0.1, 0.15) is 34.9 Å². The standard InChI is InChI=1S/C22H25FN4O3/c1-13-17(22(29)24-21-20(13)14(2)25-26(21)3)8-9-19(28)27-10-11-30-18(12-27)15-4-6-16(23)7-5-15/h4-7,18H,8-12H2,1-3H3,(H,24,29)/t18-/m0/s1. The highest BCUT2D eigenvalue weighted by atomic mass is 19.1. The highest BCUT2D eigenvalue weighted by molar-refractivity contribution is 5.83. The van der Waals surface area contributed by atoms with Crippen LogP contribution in [0.2, 0.25) is 0 Å². The third-order valence-corrected chi connectivity index (χ3v) is 5.81. The van der Waals surface area contributed by atoms with Gasteiger partial charge in [-0.3, -0.25) is 14.3 Å². The van der Waals surface area contributed by atoms with Gasteiger partial charge in [-0.05, 0) is 43.5 Å².